The molecule has 5 rings (SSSR count). The van der Waals surface area contributed by atoms with Crippen LogP contribution >= 0.6 is 0 Å². The van der Waals surface area contributed by atoms with Gasteiger partial charge in [0.2, 0.25) is 5.95 Å². The normalized spacial score (nSPS) is 21.5. The number of hydrogen-bond acceptors (Lipinski definition) is 9. The predicted octanol–water partition coefficient (Wildman–Crippen LogP) is 2.10. The van der Waals surface area contributed by atoms with Gasteiger partial charge in [-0.15, -0.1) is 5.10 Å². The Balaban J connectivity index is 0.000000868. The van der Waals surface area contributed by atoms with Gasteiger partial charge in [-0.3, -0.25) is 4.79 Å². The van der Waals surface area contributed by atoms with E-state index in [0.717, 1.165) is 50.2 Å². The zero-order valence-electron chi connectivity index (χ0n) is 19.2. The Morgan fingerprint density at radius 3 is 2.41 bits per heavy atom. The van der Waals surface area contributed by atoms with E-state index < -0.39 is 0 Å². The summed E-state index contributed by atoms with van der Waals surface area (Å²) in [4.78, 5) is 20.1. The number of aliphatic hydroxyl groups excluding tert-OH is 1. The number of hydrogen-bond donors (Lipinski definition) is 3. The maximum atomic E-state index is 9.74. The molecule has 3 N–H and O–H groups in total. The molecule has 0 radical (unpaired) electrons. The van der Waals surface area contributed by atoms with Gasteiger partial charge in [-0.05, 0) is 62.8 Å². The fourth-order valence-corrected chi connectivity index (χ4v) is 4.71. The highest BCUT2D eigenvalue weighted by Gasteiger charge is 2.28. The van der Waals surface area contributed by atoms with Gasteiger partial charge in [0.05, 0.1) is 25.1 Å². The van der Waals surface area contributed by atoms with E-state index in [1.807, 2.05) is 24.3 Å². The monoisotopic (exact) mass is 469 g/mol. The number of ether oxygens (including phenoxy) is 1. The molecule has 1 aliphatic heterocycles. The van der Waals surface area contributed by atoms with Crippen molar-refractivity contribution in [3.05, 3.63) is 30.5 Å². The maximum Gasteiger partial charge on any atom is 0.290 e. The van der Waals surface area contributed by atoms with E-state index in [9.17, 15) is 5.11 Å². The molecule has 3 heterocycles. The number of fused-ring (bicyclic) bond motifs is 1. The Morgan fingerprint density at radius 1 is 1.09 bits per heavy atom. The molecule has 11 nitrogen and oxygen atoms in total. The van der Waals surface area contributed by atoms with E-state index in [2.05, 4.69) is 25.5 Å². The van der Waals surface area contributed by atoms with Crippen molar-refractivity contribution in [3.8, 4) is 11.4 Å². The lowest BCUT2D eigenvalue weighted by atomic mass is 9.89. The lowest BCUT2D eigenvalue weighted by Crippen LogP contribution is -2.45. The van der Waals surface area contributed by atoms with Crippen LogP contribution in [0.2, 0.25) is 0 Å². The molecular formula is C23H31N7O4. The lowest BCUT2D eigenvalue weighted by molar-refractivity contribution is -0.122. The number of methoxy groups -OCH3 is 1. The standard InChI is InChI=1S/C22H29N7O2.CH2O2/c1-31-19-8-6-17(7-9-19)29-21-20(26-27-29)14-23-22(25-21)24-15-2-4-16(5-3-15)28-12-10-18(30)11-13-28;2-1-3/h6-9,14-16,18,30H,2-5,10-13H2,1H3,(H,23,24,25);1H,(H,2,3)/t15-,16+;. The van der Waals surface area contributed by atoms with Crippen LogP contribution in [-0.4, -0.2) is 84.9 Å². The molecule has 2 aromatic heterocycles. The van der Waals surface area contributed by atoms with Crippen molar-refractivity contribution in [2.75, 3.05) is 25.5 Å². The number of aliphatic hydroxyl groups is 1. The van der Waals surface area contributed by atoms with E-state index in [1.54, 1.807) is 18.0 Å². The molecule has 182 valence electrons. The van der Waals surface area contributed by atoms with Crippen LogP contribution in [0.5, 0.6) is 5.75 Å². The van der Waals surface area contributed by atoms with E-state index in [1.165, 1.54) is 12.8 Å². The third-order valence-electron chi connectivity index (χ3n) is 6.55. The fraction of sp³-hybridized carbons (Fsp3) is 0.522. The fourth-order valence-electron chi connectivity index (χ4n) is 4.71. The Labute approximate surface area is 197 Å². The molecule has 1 saturated heterocycles. The molecule has 1 aliphatic carbocycles. The second kappa shape index (κ2) is 11.2. The van der Waals surface area contributed by atoms with Gasteiger partial charge in [0.1, 0.15) is 5.75 Å². The molecule has 34 heavy (non-hydrogen) atoms. The summed E-state index contributed by atoms with van der Waals surface area (Å²) >= 11 is 0. The number of benzene rings is 1. The Hall–Kier alpha value is -3.31. The van der Waals surface area contributed by atoms with Crippen molar-refractivity contribution >= 4 is 23.6 Å². The number of aromatic nitrogens is 5. The van der Waals surface area contributed by atoms with Crippen LogP contribution in [0.25, 0.3) is 16.9 Å². The summed E-state index contributed by atoms with van der Waals surface area (Å²) in [7, 11) is 1.65. The number of nitrogens with one attached hydrogen (secondary N) is 1. The molecule has 11 heteroatoms. The minimum absolute atomic E-state index is 0.109. The van der Waals surface area contributed by atoms with Crippen molar-refractivity contribution in [2.24, 2.45) is 0 Å². The van der Waals surface area contributed by atoms with Gasteiger partial charge in [-0.1, -0.05) is 5.21 Å². The number of nitrogens with zero attached hydrogens (tertiary/aromatic N) is 6. The molecule has 0 spiro atoms. The molecule has 3 aromatic rings. The minimum atomic E-state index is -0.250. The quantitative estimate of drug-likeness (QED) is 0.476. The predicted molar refractivity (Wildman–Crippen MR) is 126 cm³/mol. The first-order chi connectivity index (χ1) is 16.6. The smallest absolute Gasteiger partial charge is 0.290 e. The van der Waals surface area contributed by atoms with E-state index in [0.29, 0.717) is 29.2 Å². The van der Waals surface area contributed by atoms with Crippen molar-refractivity contribution in [1.29, 1.82) is 0 Å². The summed E-state index contributed by atoms with van der Waals surface area (Å²) in [6, 6.07) is 8.66. The van der Waals surface area contributed by atoms with E-state index >= 15 is 0 Å². The van der Waals surface area contributed by atoms with Crippen LogP contribution in [0.15, 0.2) is 30.5 Å². The van der Waals surface area contributed by atoms with Crippen molar-refractivity contribution in [1.82, 2.24) is 29.9 Å². The Morgan fingerprint density at radius 2 is 1.76 bits per heavy atom. The number of likely N-dealkylation sites (tertiary alicyclic amines) is 1. The molecule has 0 unspecified atom stereocenters. The number of piperidine rings is 1. The van der Waals surface area contributed by atoms with Crippen molar-refractivity contribution < 1.29 is 19.7 Å². The zero-order chi connectivity index (χ0) is 23.9. The molecule has 0 amide bonds. The number of carbonyl (C=O) groups is 1. The average molecular weight is 470 g/mol. The molecular weight excluding hydrogens is 438 g/mol. The van der Waals surface area contributed by atoms with Gasteiger partial charge in [-0.2, -0.15) is 9.67 Å². The van der Waals surface area contributed by atoms with Crippen LogP contribution in [0.3, 0.4) is 0 Å². The van der Waals surface area contributed by atoms with Crippen LogP contribution < -0.4 is 10.1 Å². The largest absolute Gasteiger partial charge is 0.497 e. The van der Waals surface area contributed by atoms with Gasteiger partial charge in [0.25, 0.3) is 6.47 Å². The third-order valence-corrected chi connectivity index (χ3v) is 6.55. The highest BCUT2D eigenvalue weighted by Crippen LogP contribution is 2.27. The van der Waals surface area contributed by atoms with E-state index in [4.69, 9.17) is 19.6 Å². The minimum Gasteiger partial charge on any atom is -0.497 e. The Bertz CT molecular complexity index is 1060. The third kappa shape index (κ3) is 5.60. The van der Waals surface area contributed by atoms with Gasteiger partial charge >= 0.3 is 0 Å². The second-order valence-electron chi connectivity index (χ2n) is 8.62. The molecule has 1 saturated carbocycles. The highest BCUT2D eigenvalue weighted by atomic mass is 16.5. The maximum absolute atomic E-state index is 9.74. The number of rotatable bonds is 5. The molecule has 0 atom stereocenters. The van der Waals surface area contributed by atoms with Crippen LogP contribution in [0.1, 0.15) is 38.5 Å². The summed E-state index contributed by atoms with van der Waals surface area (Å²) in [5, 5.41) is 28.6. The Kier molecular flexibility index (Phi) is 7.86. The number of anilines is 1. The summed E-state index contributed by atoms with van der Waals surface area (Å²) in [5.41, 5.74) is 2.22. The molecule has 1 aromatic carbocycles. The number of carboxylic acid groups (broad SMARTS) is 1. The first kappa shape index (κ1) is 23.8. The topological polar surface area (TPSA) is 139 Å². The zero-order valence-corrected chi connectivity index (χ0v) is 19.2. The van der Waals surface area contributed by atoms with Gasteiger partial charge < -0.3 is 25.2 Å². The highest BCUT2D eigenvalue weighted by molar-refractivity contribution is 5.72. The van der Waals surface area contributed by atoms with Crippen LogP contribution in [0, 0.1) is 0 Å². The summed E-state index contributed by atoms with van der Waals surface area (Å²) in [5.74, 6) is 1.41. The van der Waals surface area contributed by atoms with Crippen molar-refractivity contribution in [3.63, 3.8) is 0 Å². The summed E-state index contributed by atoms with van der Waals surface area (Å²) in [6.45, 7) is 1.79. The van der Waals surface area contributed by atoms with E-state index in [-0.39, 0.29) is 12.6 Å². The first-order valence-corrected chi connectivity index (χ1v) is 11.6. The molecule has 0 bridgehead atoms. The molecule has 2 fully saturated rings. The molecule has 2 aliphatic rings. The van der Waals surface area contributed by atoms with Crippen LogP contribution in [0.4, 0.5) is 5.95 Å². The first-order valence-electron chi connectivity index (χ1n) is 11.6. The van der Waals surface area contributed by atoms with Gasteiger partial charge in [0.15, 0.2) is 11.2 Å². The summed E-state index contributed by atoms with van der Waals surface area (Å²) < 4.78 is 6.96. The average Bonchev–Trinajstić information content (AvgIpc) is 3.29. The lowest BCUT2D eigenvalue weighted by Gasteiger charge is -2.40. The van der Waals surface area contributed by atoms with Crippen LogP contribution in [-0.2, 0) is 4.79 Å². The van der Waals surface area contributed by atoms with Gasteiger partial charge in [-0.25, -0.2) is 4.98 Å². The SMILES string of the molecule is COc1ccc(-n2nnc3cnc(N[C@H]4CC[C@@H](N5CCC(O)CC5)CC4)nc32)cc1.O=CO. The second-order valence-corrected chi connectivity index (χ2v) is 8.62. The van der Waals surface area contributed by atoms with Gasteiger partial charge in [0, 0.05) is 25.2 Å². The summed E-state index contributed by atoms with van der Waals surface area (Å²) in [6.07, 6.45) is 7.96. The van der Waals surface area contributed by atoms with Crippen molar-refractivity contribution in [2.45, 2.75) is 56.7 Å².